The molecule has 4 rings (SSSR count). The highest BCUT2D eigenvalue weighted by Gasteiger charge is 2.43. The Morgan fingerprint density at radius 3 is 2.50 bits per heavy atom. The molecule has 3 aromatic rings. The Morgan fingerprint density at radius 1 is 1.08 bits per heavy atom. The van der Waals surface area contributed by atoms with Gasteiger partial charge in [0.2, 0.25) is 0 Å². The van der Waals surface area contributed by atoms with Crippen molar-refractivity contribution in [3.63, 3.8) is 0 Å². The van der Waals surface area contributed by atoms with Crippen LogP contribution in [0.3, 0.4) is 0 Å². The number of pyridine rings is 1. The van der Waals surface area contributed by atoms with Crippen LogP contribution in [-0.4, -0.2) is 65.5 Å². The van der Waals surface area contributed by atoms with E-state index in [2.05, 4.69) is 5.10 Å². The number of hydrogen-bond donors (Lipinski definition) is 1. The first-order chi connectivity index (χ1) is 17.1. The molecule has 36 heavy (non-hydrogen) atoms. The second kappa shape index (κ2) is 11.1. The van der Waals surface area contributed by atoms with E-state index >= 15 is 0 Å². The summed E-state index contributed by atoms with van der Waals surface area (Å²) in [6, 6.07) is 10.2. The maximum atomic E-state index is 13.9. The second-order valence-electron chi connectivity index (χ2n) is 8.71. The van der Waals surface area contributed by atoms with Crippen LogP contribution in [0.1, 0.15) is 19.3 Å². The van der Waals surface area contributed by atoms with Gasteiger partial charge in [0.15, 0.2) is 5.82 Å². The Kier molecular flexibility index (Phi) is 8.17. The van der Waals surface area contributed by atoms with Crippen LogP contribution < -0.4 is 15.5 Å². The van der Waals surface area contributed by atoms with E-state index in [0.717, 1.165) is 11.2 Å². The molecular formula is C24H27Cl2F3N6O. The molecule has 1 atom stereocenters. The third-order valence-electron chi connectivity index (χ3n) is 6.41. The van der Waals surface area contributed by atoms with Crippen LogP contribution in [0.4, 0.5) is 29.5 Å². The van der Waals surface area contributed by atoms with Crippen LogP contribution in [0, 0.1) is 0 Å². The maximum absolute atomic E-state index is 13.9. The van der Waals surface area contributed by atoms with Crippen molar-refractivity contribution < 1.29 is 18.0 Å². The predicted molar refractivity (Wildman–Crippen MR) is 136 cm³/mol. The summed E-state index contributed by atoms with van der Waals surface area (Å²) in [4.78, 5) is 16.7. The lowest BCUT2D eigenvalue weighted by Gasteiger charge is -2.41. The minimum absolute atomic E-state index is 0.0702. The molecule has 0 radical (unpaired) electrons. The van der Waals surface area contributed by atoms with Crippen molar-refractivity contribution in [2.45, 2.75) is 31.5 Å². The number of nitrogens with two attached hydrogens (primary N) is 1. The quantitative estimate of drug-likeness (QED) is 0.384. The van der Waals surface area contributed by atoms with Crippen molar-refractivity contribution >= 4 is 46.3 Å². The van der Waals surface area contributed by atoms with Crippen LogP contribution in [0.15, 0.2) is 48.7 Å². The van der Waals surface area contributed by atoms with E-state index in [1.165, 1.54) is 9.80 Å². The number of anilines is 2. The number of carbonyl (C=O) groups excluding carboxylic acids is 1. The molecule has 1 aromatic carbocycles. The molecule has 3 heterocycles. The number of urea groups is 1. The van der Waals surface area contributed by atoms with Gasteiger partial charge in [-0.25, -0.2) is 9.31 Å². The normalized spacial score (nSPS) is 15.9. The Hall–Kier alpha value is -2.69. The number of piperazine rings is 1. The molecule has 0 spiro atoms. The number of fused-ring (bicyclic) bond motifs is 1. The number of rotatable bonds is 8. The van der Waals surface area contributed by atoms with Gasteiger partial charge in [-0.3, -0.25) is 9.80 Å². The fraction of sp³-hybridized carbons (Fsp3) is 0.417. The van der Waals surface area contributed by atoms with Crippen LogP contribution in [0.25, 0.3) is 5.52 Å². The number of unbranched alkanes of at least 4 members (excludes halogenated alkanes) is 1. The lowest BCUT2D eigenvalue weighted by molar-refractivity contribution is -0.186. The van der Waals surface area contributed by atoms with Crippen LogP contribution in [0.2, 0.25) is 10.0 Å². The number of hydrogen-bond acceptors (Lipinski definition) is 4. The summed E-state index contributed by atoms with van der Waals surface area (Å²) in [5.74, 6) is 0.372. The van der Waals surface area contributed by atoms with E-state index in [1.807, 2.05) is 23.1 Å². The van der Waals surface area contributed by atoms with Gasteiger partial charge < -0.3 is 10.6 Å². The minimum Gasteiger partial charge on any atom is -0.368 e. The highest BCUT2D eigenvalue weighted by atomic mass is 35.5. The number of alkyl halides is 3. The molecule has 0 aliphatic carbocycles. The molecule has 2 N–H and O–H groups in total. The van der Waals surface area contributed by atoms with E-state index in [9.17, 15) is 18.0 Å². The Balaban J connectivity index is 1.33. The molecule has 7 nitrogen and oxygen atoms in total. The van der Waals surface area contributed by atoms with Crippen LogP contribution in [-0.2, 0) is 0 Å². The highest BCUT2D eigenvalue weighted by Crippen LogP contribution is 2.34. The molecule has 1 aliphatic rings. The molecule has 1 fully saturated rings. The number of halogens is 5. The van der Waals surface area contributed by atoms with E-state index in [0.29, 0.717) is 35.4 Å². The van der Waals surface area contributed by atoms with E-state index in [1.54, 1.807) is 35.0 Å². The first-order valence-electron chi connectivity index (χ1n) is 11.7. The monoisotopic (exact) mass is 542 g/mol. The van der Waals surface area contributed by atoms with Gasteiger partial charge in [-0.1, -0.05) is 35.3 Å². The number of carbonyl (C=O) groups is 1. The van der Waals surface area contributed by atoms with Gasteiger partial charge in [-0.05, 0) is 43.5 Å². The van der Waals surface area contributed by atoms with Gasteiger partial charge in [-0.2, -0.15) is 13.2 Å². The highest BCUT2D eigenvalue weighted by molar-refractivity contribution is 6.43. The molecule has 1 saturated heterocycles. The fourth-order valence-electron chi connectivity index (χ4n) is 4.57. The number of primary amides is 1. The van der Waals surface area contributed by atoms with Crippen molar-refractivity contribution in [2.24, 2.45) is 5.73 Å². The lowest BCUT2D eigenvalue weighted by atomic mass is 10.1. The third-order valence-corrected chi connectivity index (χ3v) is 7.22. The second-order valence-corrected chi connectivity index (χ2v) is 9.50. The average molecular weight is 543 g/mol. The third kappa shape index (κ3) is 5.99. The topological polar surface area (TPSA) is 70.1 Å². The largest absolute Gasteiger partial charge is 0.404 e. The van der Waals surface area contributed by atoms with Crippen LogP contribution in [0.5, 0.6) is 0 Å². The van der Waals surface area contributed by atoms with Gasteiger partial charge in [0.05, 0.1) is 21.2 Å². The SMILES string of the molecule is NC(=O)N(CCCCC(N1CCN(c2cccc(Cl)c2Cl)CC1)C(F)(F)F)c1cc2ccccn2n1. The van der Waals surface area contributed by atoms with Gasteiger partial charge in [0.1, 0.15) is 6.04 Å². The lowest BCUT2D eigenvalue weighted by Crippen LogP contribution is -2.55. The number of nitrogens with zero attached hydrogens (tertiary/aromatic N) is 5. The molecule has 1 unspecified atom stereocenters. The van der Waals surface area contributed by atoms with Crippen LogP contribution >= 0.6 is 23.2 Å². The first-order valence-corrected chi connectivity index (χ1v) is 12.4. The van der Waals surface area contributed by atoms with Crippen molar-refractivity contribution in [1.29, 1.82) is 0 Å². The zero-order valence-corrected chi connectivity index (χ0v) is 21.0. The Labute approximate surface area is 217 Å². The molecular weight excluding hydrogens is 516 g/mol. The van der Waals surface area contributed by atoms with Gasteiger partial charge >= 0.3 is 12.2 Å². The molecule has 2 aromatic heterocycles. The van der Waals surface area contributed by atoms with Gasteiger partial charge in [0, 0.05) is 45.0 Å². The summed E-state index contributed by atoms with van der Waals surface area (Å²) >= 11 is 12.4. The fourth-order valence-corrected chi connectivity index (χ4v) is 4.98. The van der Waals surface area contributed by atoms with Gasteiger partial charge in [-0.15, -0.1) is 5.10 Å². The summed E-state index contributed by atoms with van der Waals surface area (Å²) < 4.78 is 43.5. The zero-order chi connectivity index (χ0) is 25.9. The van der Waals surface area contributed by atoms with Crippen molar-refractivity contribution in [2.75, 3.05) is 42.5 Å². The Bertz CT molecular complexity index is 1160. The molecule has 0 bridgehead atoms. The molecule has 12 heteroatoms. The zero-order valence-electron chi connectivity index (χ0n) is 19.5. The average Bonchev–Trinajstić information content (AvgIpc) is 3.26. The number of amides is 2. The predicted octanol–water partition coefficient (Wildman–Crippen LogP) is 5.45. The summed E-state index contributed by atoms with van der Waals surface area (Å²) in [5.41, 5.74) is 7.04. The van der Waals surface area contributed by atoms with E-state index < -0.39 is 18.2 Å². The van der Waals surface area contributed by atoms with E-state index in [4.69, 9.17) is 28.9 Å². The Morgan fingerprint density at radius 2 is 1.83 bits per heavy atom. The summed E-state index contributed by atoms with van der Waals surface area (Å²) in [6.45, 7) is 1.51. The molecule has 1 aliphatic heterocycles. The molecule has 0 saturated carbocycles. The van der Waals surface area contributed by atoms with Crippen molar-refractivity contribution in [1.82, 2.24) is 14.5 Å². The summed E-state index contributed by atoms with van der Waals surface area (Å²) in [6.07, 6.45) is -2.05. The van der Waals surface area contributed by atoms with E-state index in [-0.39, 0.29) is 32.5 Å². The first kappa shape index (κ1) is 26.4. The van der Waals surface area contributed by atoms with Crippen molar-refractivity contribution in [3.8, 4) is 0 Å². The smallest absolute Gasteiger partial charge is 0.368 e. The number of aromatic nitrogens is 2. The standard InChI is InChI=1S/C24H27Cl2F3N6O/c25-18-7-5-8-19(22(18)26)32-12-14-33(15-13-32)20(24(27,28)29)9-2-3-10-34(23(30)36)21-16-17-6-1-4-11-35(17)31-21/h1,4-8,11,16,20H,2-3,9-10,12-15H2,(H2,30,36). The van der Waals surface area contributed by atoms with Crippen molar-refractivity contribution in [3.05, 3.63) is 58.7 Å². The molecule has 2 amide bonds. The molecule has 194 valence electrons. The van der Waals surface area contributed by atoms with Gasteiger partial charge in [0.25, 0.3) is 0 Å². The summed E-state index contributed by atoms with van der Waals surface area (Å²) in [5, 5.41) is 5.16. The minimum atomic E-state index is -4.36. The maximum Gasteiger partial charge on any atom is 0.404 e. The summed E-state index contributed by atoms with van der Waals surface area (Å²) in [7, 11) is 0. The number of benzene rings is 1.